The molecule has 1 fully saturated rings. The van der Waals surface area contributed by atoms with E-state index in [0.29, 0.717) is 0 Å². The maximum atomic E-state index is 13.1. The fourth-order valence-electron chi connectivity index (χ4n) is 4.06. The lowest BCUT2D eigenvalue weighted by atomic mass is 9.89. The van der Waals surface area contributed by atoms with Crippen LogP contribution in [0.4, 0.5) is 0 Å². The summed E-state index contributed by atoms with van der Waals surface area (Å²) >= 11 is 0. The van der Waals surface area contributed by atoms with Crippen LogP contribution in [0.15, 0.2) is 39.5 Å². The molecule has 4 rings (SSSR count). The standard InChI is InChI=1S/C23H24O11/c1-31-14-7-15(32-2)18(23-21(30)20(29)19(28)16(8-24)34-23)22-17(14)12(27)6-13(33-22)9-3-4-10(25)11(26)5-9/h3-7,16,19-21,23-26,28-30H,8H2,1-2H3/t16-,19-,20+,21-,23+/m1/s1. The summed E-state index contributed by atoms with van der Waals surface area (Å²) in [6.07, 6.45) is -7.52. The van der Waals surface area contributed by atoms with Crippen molar-refractivity contribution in [3.8, 4) is 34.3 Å². The van der Waals surface area contributed by atoms with E-state index in [4.69, 9.17) is 18.6 Å². The summed E-state index contributed by atoms with van der Waals surface area (Å²) in [5.74, 6) is -0.597. The molecule has 6 N–H and O–H groups in total. The van der Waals surface area contributed by atoms with Crippen molar-refractivity contribution in [3.05, 3.63) is 46.1 Å². The second-order valence-electron chi connectivity index (χ2n) is 7.83. The van der Waals surface area contributed by atoms with Crippen molar-refractivity contribution in [2.75, 3.05) is 20.8 Å². The van der Waals surface area contributed by atoms with Crippen molar-refractivity contribution >= 4 is 11.0 Å². The quantitative estimate of drug-likeness (QED) is 0.281. The van der Waals surface area contributed by atoms with Crippen molar-refractivity contribution in [2.24, 2.45) is 0 Å². The van der Waals surface area contributed by atoms with Gasteiger partial charge in [0.05, 0.1) is 26.4 Å². The van der Waals surface area contributed by atoms with Crippen molar-refractivity contribution in [1.82, 2.24) is 0 Å². The minimum absolute atomic E-state index is 0.00828. The lowest BCUT2D eigenvalue weighted by Crippen LogP contribution is -2.55. The van der Waals surface area contributed by atoms with Gasteiger partial charge in [-0.3, -0.25) is 4.79 Å². The molecule has 0 radical (unpaired) electrons. The first-order chi connectivity index (χ1) is 16.2. The summed E-state index contributed by atoms with van der Waals surface area (Å²) in [5, 5.41) is 60.3. The SMILES string of the molecule is COc1cc(OC)c2c(=O)cc(-c3ccc(O)c(O)c3)oc2c1[C@@H]1O[C@H](CO)[C@@H](O)[C@H](O)[C@H]1O. The smallest absolute Gasteiger partial charge is 0.197 e. The van der Waals surface area contributed by atoms with Crippen LogP contribution in [-0.2, 0) is 4.74 Å². The predicted molar refractivity (Wildman–Crippen MR) is 117 cm³/mol. The molecule has 0 aliphatic carbocycles. The largest absolute Gasteiger partial charge is 0.504 e. The van der Waals surface area contributed by atoms with Crippen molar-refractivity contribution in [2.45, 2.75) is 30.5 Å². The summed E-state index contributed by atoms with van der Waals surface area (Å²) in [6, 6.07) is 6.40. The van der Waals surface area contributed by atoms with Gasteiger partial charge in [-0.1, -0.05) is 0 Å². The van der Waals surface area contributed by atoms with Crippen molar-refractivity contribution in [3.63, 3.8) is 0 Å². The number of ether oxygens (including phenoxy) is 3. The third kappa shape index (κ3) is 3.83. The number of phenols is 2. The number of aliphatic hydroxyl groups excluding tert-OH is 4. The third-order valence-electron chi connectivity index (χ3n) is 5.84. The van der Waals surface area contributed by atoms with Crippen LogP contribution in [0, 0.1) is 0 Å². The van der Waals surface area contributed by atoms with Crippen molar-refractivity contribution < 1.29 is 49.3 Å². The molecule has 1 aliphatic rings. The maximum Gasteiger partial charge on any atom is 0.197 e. The molecule has 0 unspecified atom stereocenters. The van der Waals surface area contributed by atoms with Gasteiger partial charge in [0.1, 0.15) is 53.2 Å². The zero-order valence-electron chi connectivity index (χ0n) is 18.2. The molecule has 5 atom stereocenters. The second kappa shape index (κ2) is 9.12. The molecular formula is C23H24O11. The van der Waals surface area contributed by atoms with Crippen LogP contribution >= 0.6 is 0 Å². The van der Waals surface area contributed by atoms with E-state index in [2.05, 4.69) is 0 Å². The van der Waals surface area contributed by atoms with Gasteiger partial charge >= 0.3 is 0 Å². The van der Waals surface area contributed by atoms with Gasteiger partial charge in [0.15, 0.2) is 22.5 Å². The summed E-state index contributed by atoms with van der Waals surface area (Å²) in [4.78, 5) is 13.1. The molecule has 2 aromatic carbocycles. The molecule has 11 nitrogen and oxygen atoms in total. The van der Waals surface area contributed by atoms with E-state index >= 15 is 0 Å². The van der Waals surface area contributed by atoms with Gasteiger partial charge in [0.25, 0.3) is 0 Å². The Balaban J connectivity index is 2.02. The van der Waals surface area contributed by atoms with Crippen LogP contribution < -0.4 is 14.9 Å². The molecule has 3 aromatic rings. The summed E-state index contributed by atoms with van der Waals surface area (Å²) in [6.45, 7) is -0.653. The van der Waals surface area contributed by atoms with E-state index in [-0.39, 0.29) is 45.1 Å². The lowest BCUT2D eigenvalue weighted by Gasteiger charge is -2.40. The lowest BCUT2D eigenvalue weighted by molar-refractivity contribution is -0.231. The van der Waals surface area contributed by atoms with Crippen LogP contribution in [0.25, 0.3) is 22.3 Å². The van der Waals surface area contributed by atoms with Gasteiger partial charge in [0, 0.05) is 17.7 Å². The molecule has 0 amide bonds. The predicted octanol–water partition coefficient (Wildman–Crippen LogP) is 0.403. The number of hydrogen-bond acceptors (Lipinski definition) is 11. The van der Waals surface area contributed by atoms with Crippen LogP contribution in [0.2, 0.25) is 0 Å². The zero-order valence-corrected chi connectivity index (χ0v) is 18.2. The first-order valence-electron chi connectivity index (χ1n) is 10.3. The normalized spacial score (nSPS) is 24.8. The number of methoxy groups -OCH3 is 2. The van der Waals surface area contributed by atoms with Gasteiger partial charge in [-0.25, -0.2) is 0 Å². The highest BCUT2D eigenvalue weighted by atomic mass is 16.5. The highest BCUT2D eigenvalue weighted by Crippen LogP contribution is 2.44. The fourth-order valence-corrected chi connectivity index (χ4v) is 4.06. The van der Waals surface area contributed by atoms with Gasteiger partial charge in [-0.2, -0.15) is 0 Å². The number of rotatable bonds is 5. The van der Waals surface area contributed by atoms with Gasteiger partial charge in [0.2, 0.25) is 0 Å². The summed E-state index contributed by atoms with van der Waals surface area (Å²) in [5.41, 5.74) is -0.335. The van der Waals surface area contributed by atoms with Gasteiger partial charge in [-0.05, 0) is 18.2 Å². The minimum atomic E-state index is -1.68. The van der Waals surface area contributed by atoms with E-state index in [9.17, 15) is 35.4 Å². The monoisotopic (exact) mass is 476 g/mol. The maximum absolute atomic E-state index is 13.1. The highest BCUT2D eigenvalue weighted by Gasteiger charge is 2.46. The Morgan fingerprint density at radius 2 is 1.62 bits per heavy atom. The highest BCUT2D eigenvalue weighted by molar-refractivity contribution is 5.90. The van der Waals surface area contributed by atoms with Gasteiger partial charge < -0.3 is 49.3 Å². The molecule has 34 heavy (non-hydrogen) atoms. The Bertz CT molecular complexity index is 1270. The molecule has 0 spiro atoms. The van der Waals surface area contributed by atoms with E-state index in [1.807, 2.05) is 0 Å². The molecule has 0 bridgehead atoms. The fraction of sp³-hybridized carbons (Fsp3) is 0.348. The molecule has 11 heteroatoms. The van der Waals surface area contributed by atoms with E-state index in [1.54, 1.807) is 0 Å². The minimum Gasteiger partial charge on any atom is -0.504 e. The topological polar surface area (TPSA) is 179 Å². The molecule has 182 valence electrons. The number of phenolic OH excluding ortho intramolecular Hbond substituents is 2. The molecule has 0 saturated carbocycles. The Hall–Kier alpha value is -3.35. The first kappa shape index (κ1) is 23.8. The van der Waals surface area contributed by atoms with Crippen LogP contribution in [-0.4, -0.2) is 75.9 Å². The molecule has 2 heterocycles. The van der Waals surface area contributed by atoms with Crippen LogP contribution in [0.1, 0.15) is 11.7 Å². The second-order valence-corrected chi connectivity index (χ2v) is 7.83. The molecule has 1 aromatic heterocycles. The Morgan fingerprint density at radius 1 is 0.912 bits per heavy atom. The number of fused-ring (bicyclic) bond motifs is 1. The van der Waals surface area contributed by atoms with Gasteiger partial charge in [-0.15, -0.1) is 0 Å². The Morgan fingerprint density at radius 3 is 2.24 bits per heavy atom. The van der Waals surface area contributed by atoms with Crippen molar-refractivity contribution in [1.29, 1.82) is 0 Å². The number of benzene rings is 2. The molecule has 1 saturated heterocycles. The average molecular weight is 476 g/mol. The van der Waals surface area contributed by atoms with Crippen LogP contribution in [0.3, 0.4) is 0 Å². The Labute approximate surface area is 192 Å². The van der Waals surface area contributed by atoms with E-state index in [0.717, 1.165) is 0 Å². The first-order valence-corrected chi connectivity index (χ1v) is 10.3. The zero-order chi connectivity index (χ0) is 24.7. The van der Waals surface area contributed by atoms with E-state index in [1.165, 1.54) is 44.6 Å². The summed E-state index contributed by atoms with van der Waals surface area (Å²) < 4.78 is 22.5. The number of aliphatic hydroxyl groups is 4. The average Bonchev–Trinajstić information content (AvgIpc) is 2.83. The molecular weight excluding hydrogens is 452 g/mol. The third-order valence-corrected chi connectivity index (χ3v) is 5.84. The number of aromatic hydroxyl groups is 2. The molecule has 1 aliphatic heterocycles. The Kier molecular flexibility index (Phi) is 6.39. The summed E-state index contributed by atoms with van der Waals surface area (Å²) in [7, 11) is 2.67. The van der Waals surface area contributed by atoms with E-state index < -0.39 is 48.3 Å². The number of hydrogen-bond donors (Lipinski definition) is 6. The van der Waals surface area contributed by atoms with Crippen LogP contribution in [0.5, 0.6) is 23.0 Å².